The largest absolute Gasteiger partial charge is 0.326 e. The van der Waals surface area contributed by atoms with Crippen LogP contribution in [0.25, 0.3) is 0 Å². The van der Waals surface area contributed by atoms with E-state index in [2.05, 4.69) is 12.2 Å². The van der Waals surface area contributed by atoms with Crippen molar-refractivity contribution in [3.8, 4) is 0 Å². The topological polar surface area (TPSA) is 66.5 Å². The fourth-order valence-corrected chi connectivity index (χ4v) is 5.52. The van der Waals surface area contributed by atoms with E-state index < -0.39 is 15.9 Å². The Kier molecular flexibility index (Phi) is 6.65. The van der Waals surface area contributed by atoms with Crippen molar-refractivity contribution in [2.24, 2.45) is 5.92 Å². The van der Waals surface area contributed by atoms with Gasteiger partial charge in [0.1, 0.15) is 4.90 Å². The Hall–Kier alpha value is -1.60. The summed E-state index contributed by atoms with van der Waals surface area (Å²) < 4.78 is 27.3. The SMILES string of the molecule is CCc1ccc(NC(=O)[C@@H]2CCCN(S(=O)(=O)c3cc(Cl)ccc3Cl)C2)cc1. The zero-order chi connectivity index (χ0) is 20.3. The summed E-state index contributed by atoms with van der Waals surface area (Å²) >= 11 is 12.0. The molecule has 1 heterocycles. The Morgan fingerprint density at radius 2 is 1.89 bits per heavy atom. The predicted octanol–water partition coefficient (Wildman–Crippen LogP) is 4.60. The molecule has 0 unspecified atom stereocenters. The van der Waals surface area contributed by atoms with Gasteiger partial charge in [-0.1, -0.05) is 42.3 Å². The third-order valence-electron chi connectivity index (χ3n) is 4.90. The van der Waals surface area contributed by atoms with Crippen LogP contribution >= 0.6 is 23.2 Å². The van der Waals surface area contributed by atoms with Crippen molar-refractivity contribution < 1.29 is 13.2 Å². The maximum Gasteiger partial charge on any atom is 0.244 e. The number of piperidine rings is 1. The summed E-state index contributed by atoms with van der Waals surface area (Å²) in [5.41, 5.74) is 1.89. The monoisotopic (exact) mass is 440 g/mol. The van der Waals surface area contributed by atoms with Crippen LogP contribution in [0.3, 0.4) is 0 Å². The molecule has 1 amide bonds. The Bertz CT molecular complexity index is 962. The summed E-state index contributed by atoms with van der Waals surface area (Å²) in [4.78, 5) is 12.6. The summed E-state index contributed by atoms with van der Waals surface area (Å²) in [6, 6.07) is 12.0. The van der Waals surface area contributed by atoms with Gasteiger partial charge in [-0.25, -0.2) is 8.42 Å². The van der Waals surface area contributed by atoms with E-state index >= 15 is 0 Å². The molecule has 2 aromatic carbocycles. The fourth-order valence-electron chi connectivity index (χ4n) is 3.26. The molecule has 0 aromatic heterocycles. The Balaban J connectivity index is 1.73. The number of hydrogen-bond donors (Lipinski definition) is 1. The average Bonchev–Trinajstić information content (AvgIpc) is 2.70. The van der Waals surface area contributed by atoms with Crippen LogP contribution in [0.5, 0.6) is 0 Å². The molecule has 0 bridgehead atoms. The van der Waals surface area contributed by atoms with Crippen molar-refractivity contribution in [1.29, 1.82) is 0 Å². The molecule has 1 saturated heterocycles. The first-order valence-corrected chi connectivity index (χ1v) is 11.4. The van der Waals surface area contributed by atoms with E-state index in [1.165, 1.54) is 22.0 Å². The first-order chi connectivity index (χ1) is 13.3. The number of anilines is 1. The normalized spacial score (nSPS) is 18.0. The fraction of sp³-hybridized carbons (Fsp3) is 0.350. The number of rotatable bonds is 5. The van der Waals surface area contributed by atoms with Gasteiger partial charge in [-0.2, -0.15) is 4.31 Å². The van der Waals surface area contributed by atoms with Crippen molar-refractivity contribution in [3.63, 3.8) is 0 Å². The van der Waals surface area contributed by atoms with Crippen LogP contribution in [0.4, 0.5) is 5.69 Å². The van der Waals surface area contributed by atoms with Gasteiger partial charge in [-0.15, -0.1) is 0 Å². The van der Waals surface area contributed by atoms with Crippen molar-refractivity contribution in [2.75, 3.05) is 18.4 Å². The molecule has 1 aliphatic heterocycles. The van der Waals surface area contributed by atoms with Crippen molar-refractivity contribution in [2.45, 2.75) is 31.1 Å². The van der Waals surface area contributed by atoms with Gasteiger partial charge in [0, 0.05) is 23.8 Å². The Morgan fingerprint density at radius 1 is 1.18 bits per heavy atom. The highest BCUT2D eigenvalue weighted by Gasteiger charge is 2.34. The zero-order valence-electron chi connectivity index (χ0n) is 15.5. The van der Waals surface area contributed by atoms with Gasteiger partial charge < -0.3 is 5.32 Å². The molecular weight excluding hydrogens is 419 g/mol. The Labute approximate surface area is 175 Å². The van der Waals surface area contributed by atoms with Crippen LogP contribution < -0.4 is 5.32 Å². The average molecular weight is 441 g/mol. The lowest BCUT2D eigenvalue weighted by Crippen LogP contribution is -2.43. The summed E-state index contributed by atoms with van der Waals surface area (Å²) in [6.07, 6.45) is 2.16. The Morgan fingerprint density at radius 3 is 2.57 bits per heavy atom. The molecule has 8 heteroatoms. The van der Waals surface area contributed by atoms with E-state index in [-0.39, 0.29) is 22.4 Å². The van der Waals surface area contributed by atoms with Crippen LogP contribution in [-0.2, 0) is 21.2 Å². The molecule has 0 aliphatic carbocycles. The molecule has 2 aromatic rings. The number of halogens is 2. The van der Waals surface area contributed by atoms with Gasteiger partial charge in [-0.05, 0) is 55.2 Å². The minimum Gasteiger partial charge on any atom is -0.326 e. The molecule has 0 saturated carbocycles. The second-order valence-electron chi connectivity index (χ2n) is 6.82. The number of carbonyl (C=O) groups excluding carboxylic acids is 1. The number of amides is 1. The second kappa shape index (κ2) is 8.82. The predicted molar refractivity (Wildman–Crippen MR) is 112 cm³/mol. The molecule has 28 heavy (non-hydrogen) atoms. The number of hydrogen-bond acceptors (Lipinski definition) is 3. The van der Waals surface area contributed by atoms with E-state index in [9.17, 15) is 13.2 Å². The molecule has 150 valence electrons. The van der Waals surface area contributed by atoms with Gasteiger partial charge in [0.05, 0.1) is 10.9 Å². The molecule has 0 radical (unpaired) electrons. The molecule has 3 rings (SSSR count). The van der Waals surface area contributed by atoms with Crippen LogP contribution in [0.1, 0.15) is 25.3 Å². The lowest BCUT2D eigenvalue weighted by Gasteiger charge is -2.31. The molecule has 5 nitrogen and oxygen atoms in total. The molecule has 1 fully saturated rings. The van der Waals surface area contributed by atoms with Gasteiger partial charge in [-0.3, -0.25) is 4.79 Å². The molecular formula is C20H22Cl2N2O3S. The van der Waals surface area contributed by atoms with E-state index in [0.717, 1.165) is 6.42 Å². The van der Waals surface area contributed by atoms with Crippen molar-refractivity contribution in [3.05, 3.63) is 58.1 Å². The van der Waals surface area contributed by atoms with Crippen LogP contribution in [0.15, 0.2) is 47.4 Å². The minimum absolute atomic E-state index is 0.0297. The summed E-state index contributed by atoms with van der Waals surface area (Å²) in [5.74, 6) is -0.603. The van der Waals surface area contributed by atoms with E-state index in [1.54, 1.807) is 6.07 Å². The zero-order valence-corrected chi connectivity index (χ0v) is 17.8. The van der Waals surface area contributed by atoms with Gasteiger partial charge in [0.15, 0.2) is 0 Å². The number of nitrogens with one attached hydrogen (secondary N) is 1. The number of nitrogens with zero attached hydrogens (tertiary/aromatic N) is 1. The first kappa shape index (κ1) is 21.1. The molecule has 1 atom stereocenters. The van der Waals surface area contributed by atoms with E-state index in [4.69, 9.17) is 23.2 Å². The van der Waals surface area contributed by atoms with Crippen LogP contribution in [0.2, 0.25) is 10.0 Å². The molecule has 1 N–H and O–H groups in total. The lowest BCUT2D eigenvalue weighted by atomic mass is 9.98. The van der Waals surface area contributed by atoms with Gasteiger partial charge >= 0.3 is 0 Å². The number of aryl methyl sites for hydroxylation is 1. The summed E-state index contributed by atoms with van der Waals surface area (Å²) in [6.45, 7) is 2.53. The number of carbonyl (C=O) groups is 1. The first-order valence-electron chi connectivity index (χ1n) is 9.16. The standard InChI is InChI=1S/C20H22Cl2N2O3S/c1-2-14-5-8-17(9-6-14)23-20(25)15-4-3-11-24(13-15)28(26,27)19-12-16(21)7-10-18(19)22/h5-10,12,15H,2-4,11,13H2,1H3,(H,23,25)/t15-/m1/s1. The number of sulfonamides is 1. The summed E-state index contributed by atoms with van der Waals surface area (Å²) in [7, 11) is -3.83. The van der Waals surface area contributed by atoms with Gasteiger partial charge in [0.2, 0.25) is 15.9 Å². The molecule has 0 spiro atoms. The van der Waals surface area contributed by atoms with Crippen molar-refractivity contribution in [1.82, 2.24) is 4.31 Å². The van der Waals surface area contributed by atoms with Crippen LogP contribution in [-0.4, -0.2) is 31.7 Å². The maximum atomic E-state index is 13.0. The quantitative estimate of drug-likeness (QED) is 0.738. The van der Waals surface area contributed by atoms with E-state index in [0.29, 0.717) is 30.1 Å². The van der Waals surface area contributed by atoms with Crippen LogP contribution in [0, 0.1) is 5.92 Å². The highest BCUT2D eigenvalue weighted by molar-refractivity contribution is 7.89. The second-order valence-corrected chi connectivity index (χ2v) is 9.57. The smallest absolute Gasteiger partial charge is 0.244 e. The maximum absolute atomic E-state index is 13.0. The minimum atomic E-state index is -3.83. The summed E-state index contributed by atoms with van der Waals surface area (Å²) in [5, 5.41) is 3.30. The van der Waals surface area contributed by atoms with Gasteiger partial charge in [0.25, 0.3) is 0 Å². The lowest BCUT2D eigenvalue weighted by molar-refractivity contribution is -0.120. The highest BCUT2D eigenvalue weighted by atomic mass is 35.5. The third kappa shape index (κ3) is 4.69. The highest BCUT2D eigenvalue weighted by Crippen LogP contribution is 2.30. The molecule has 1 aliphatic rings. The van der Waals surface area contributed by atoms with E-state index in [1.807, 2.05) is 24.3 Å². The van der Waals surface area contributed by atoms with Crippen molar-refractivity contribution >= 4 is 44.8 Å². The third-order valence-corrected chi connectivity index (χ3v) is 7.48. The number of benzene rings is 2.